The Balaban J connectivity index is 1.70. The van der Waals surface area contributed by atoms with Gasteiger partial charge in [0.25, 0.3) is 0 Å². The highest BCUT2D eigenvalue weighted by molar-refractivity contribution is 6.01. The Bertz CT molecular complexity index is 2080. The molecule has 2 N–H and O–H groups in total. The van der Waals surface area contributed by atoms with Gasteiger partial charge in [0.1, 0.15) is 5.78 Å². The van der Waals surface area contributed by atoms with E-state index in [1.807, 2.05) is 32.0 Å². The van der Waals surface area contributed by atoms with Crippen LogP contribution in [0.3, 0.4) is 0 Å². The molecule has 0 aliphatic carbocycles. The number of H-pyrrole nitrogens is 2. The predicted molar refractivity (Wildman–Crippen MR) is 186 cm³/mol. The maximum absolute atomic E-state index is 12.5. The van der Waals surface area contributed by atoms with Crippen molar-refractivity contribution in [3.63, 3.8) is 0 Å². The highest BCUT2D eigenvalue weighted by Crippen LogP contribution is 2.39. The van der Waals surface area contributed by atoms with Gasteiger partial charge in [-0.2, -0.15) is 0 Å². The number of methoxy groups -OCH3 is 2. The van der Waals surface area contributed by atoms with Gasteiger partial charge in [0, 0.05) is 47.8 Å². The molecule has 10 nitrogen and oxygen atoms in total. The van der Waals surface area contributed by atoms with Gasteiger partial charge in [0.15, 0.2) is 0 Å². The standard InChI is InChI=1S/C38H42N4O6/c1-19(43)12-27-22(4)32-16-36-28(13-24-18-48-24)23(5)30(41-36)14-29-20(2)25(8-10-37(44)46-6)33(39-29)17-34-26(9-11-38(45)47-7)21(3)31(40-34)15-35(27)42-32/h14-17,24,39-40H,8-13,18H2,1-7H3. The molecule has 3 aromatic heterocycles. The number of carbonyl (C=O) groups is 3. The fourth-order valence-electron chi connectivity index (χ4n) is 6.66. The zero-order valence-corrected chi connectivity index (χ0v) is 28.7. The fourth-order valence-corrected chi connectivity index (χ4v) is 6.66. The van der Waals surface area contributed by atoms with E-state index in [1.54, 1.807) is 6.92 Å². The van der Waals surface area contributed by atoms with E-state index >= 15 is 0 Å². The monoisotopic (exact) mass is 650 g/mol. The van der Waals surface area contributed by atoms with Gasteiger partial charge in [-0.05, 0) is 116 Å². The molecule has 10 heteroatoms. The summed E-state index contributed by atoms with van der Waals surface area (Å²) >= 11 is 0. The minimum Gasteiger partial charge on any atom is -0.469 e. The van der Waals surface area contributed by atoms with E-state index in [2.05, 4.69) is 29.9 Å². The molecule has 1 unspecified atom stereocenters. The number of epoxide rings is 1. The highest BCUT2D eigenvalue weighted by Gasteiger charge is 2.29. The lowest BCUT2D eigenvalue weighted by atomic mass is 9.98. The van der Waals surface area contributed by atoms with E-state index in [-0.39, 0.29) is 43.1 Å². The molecule has 6 heterocycles. The first kappa shape index (κ1) is 33.1. The van der Waals surface area contributed by atoms with Crippen LogP contribution in [0.5, 0.6) is 0 Å². The second-order valence-electron chi connectivity index (χ2n) is 12.9. The summed E-state index contributed by atoms with van der Waals surface area (Å²) in [4.78, 5) is 54.4. The zero-order valence-electron chi connectivity index (χ0n) is 28.7. The Morgan fingerprint density at radius 1 is 0.729 bits per heavy atom. The number of nitrogens with one attached hydrogen (secondary N) is 2. The molecule has 3 aromatic rings. The molecule has 48 heavy (non-hydrogen) atoms. The quantitative estimate of drug-likeness (QED) is 0.181. The molecule has 3 aliphatic heterocycles. The highest BCUT2D eigenvalue weighted by atomic mass is 16.6. The van der Waals surface area contributed by atoms with Crippen LogP contribution in [0.4, 0.5) is 0 Å². The summed E-state index contributed by atoms with van der Waals surface area (Å²) in [7, 11) is 2.79. The van der Waals surface area contributed by atoms with E-state index in [0.29, 0.717) is 12.8 Å². The summed E-state index contributed by atoms with van der Waals surface area (Å²) in [6.07, 6.45) is 2.57. The Labute approximate surface area is 279 Å². The number of esters is 2. The Morgan fingerprint density at radius 3 is 1.71 bits per heavy atom. The van der Waals surface area contributed by atoms with Crippen molar-refractivity contribution in [3.05, 3.63) is 69.3 Å². The maximum Gasteiger partial charge on any atom is 0.305 e. The summed E-state index contributed by atoms with van der Waals surface area (Å²) in [5.41, 5.74) is 14.6. The van der Waals surface area contributed by atoms with E-state index in [4.69, 9.17) is 24.2 Å². The first-order valence-corrected chi connectivity index (χ1v) is 16.4. The number of aromatic amines is 2. The zero-order chi connectivity index (χ0) is 34.3. The lowest BCUT2D eigenvalue weighted by molar-refractivity contribution is -0.141. The van der Waals surface area contributed by atoms with Crippen molar-refractivity contribution in [2.75, 3.05) is 20.8 Å². The van der Waals surface area contributed by atoms with Gasteiger partial charge in [-0.25, -0.2) is 9.97 Å². The third-order valence-electron chi connectivity index (χ3n) is 9.67. The van der Waals surface area contributed by atoms with Crippen LogP contribution < -0.4 is 0 Å². The number of aryl methyl sites for hydroxylation is 4. The fraction of sp³-hybridized carbons (Fsp3) is 0.395. The smallest absolute Gasteiger partial charge is 0.305 e. The number of allylic oxidation sites excluding steroid dienone is 3. The van der Waals surface area contributed by atoms with Crippen LogP contribution in [0, 0.1) is 13.8 Å². The number of carbonyl (C=O) groups excluding carboxylic acids is 3. The maximum atomic E-state index is 12.5. The minimum absolute atomic E-state index is 0.0523. The normalized spacial score (nSPS) is 15.6. The van der Waals surface area contributed by atoms with Gasteiger partial charge in [-0.3, -0.25) is 14.4 Å². The number of Topliss-reactive ketones (excluding diaryl/α,β-unsaturated/α-hetero) is 1. The van der Waals surface area contributed by atoms with Gasteiger partial charge >= 0.3 is 11.9 Å². The molecule has 0 saturated carbocycles. The van der Waals surface area contributed by atoms with Crippen molar-refractivity contribution in [3.8, 4) is 0 Å². The topological polar surface area (TPSA) is 140 Å². The number of fused-ring (bicyclic) bond motifs is 8. The molecule has 1 atom stereocenters. The van der Waals surface area contributed by atoms with Gasteiger partial charge in [-0.15, -0.1) is 0 Å². The van der Waals surface area contributed by atoms with Gasteiger partial charge in [-0.1, -0.05) is 0 Å². The average Bonchev–Trinajstić information content (AvgIpc) is 3.61. The van der Waals surface area contributed by atoms with Crippen molar-refractivity contribution < 1.29 is 28.6 Å². The van der Waals surface area contributed by atoms with Crippen LogP contribution >= 0.6 is 0 Å². The molecule has 1 saturated heterocycles. The van der Waals surface area contributed by atoms with Gasteiger partial charge < -0.3 is 24.2 Å². The summed E-state index contributed by atoms with van der Waals surface area (Å²) in [6.45, 7) is 10.5. The van der Waals surface area contributed by atoms with Crippen molar-refractivity contribution in [2.45, 2.75) is 79.2 Å². The van der Waals surface area contributed by atoms with Crippen LogP contribution in [0.15, 0.2) is 24.3 Å². The van der Waals surface area contributed by atoms with Crippen LogP contribution in [0.2, 0.25) is 0 Å². The summed E-state index contributed by atoms with van der Waals surface area (Å²) < 4.78 is 15.6. The number of hydrogen-bond donors (Lipinski definition) is 2. The van der Waals surface area contributed by atoms with Crippen LogP contribution in [0.1, 0.15) is 91.5 Å². The average molecular weight is 651 g/mol. The molecule has 6 rings (SSSR count). The molecule has 250 valence electrons. The Hall–Kier alpha value is -4.83. The number of aromatic nitrogens is 4. The SMILES string of the molecule is COC(=O)CCc1c(C)c2cc3nc(cc4nc(cc5[nH]c(cc1[nH]2)c(CCC(=O)OC)c5C)C(CC(C)=O)=C4C)C(CC1CO1)=C3C. The second kappa shape index (κ2) is 13.4. The largest absolute Gasteiger partial charge is 0.469 e. The molecular weight excluding hydrogens is 608 g/mol. The molecule has 3 aliphatic rings. The molecular formula is C38H42N4O6. The third-order valence-corrected chi connectivity index (χ3v) is 9.67. The molecule has 0 spiro atoms. The number of hydrogen-bond acceptors (Lipinski definition) is 8. The molecule has 0 aromatic carbocycles. The van der Waals surface area contributed by atoms with Gasteiger partial charge in [0.2, 0.25) is 0 Å². The second-order valence-corrected chi connectivity index (χ2v) is 12.9. The summed E-state index contributed by atoms with van der Waals surface area (Å²) in [5.74, 6) is -0.523. The van der Waals surface area contributed by atoms with E-state index < -0.39 is 0 Å². The van der Waals surface area contributed by atoms with Crippen molar-refractivity contribution in [1.82, 2.24) is 19.9 Å². The Kier molecular flexibility index (Phi) is 9.20. The van der Waals surface area contributed by atoms with Crippen LogP contribution in [-0.2, 0) is 41.4 Å². The Morgan fingerprint density at radius 2 is 1.21 bits per heavy atom. The molecule has 0 radical (unpaired) electrons. The molecule has 1 fully saturated rings. The van der Waals surface area contributed by atoms with Crippen molar-refractivity contribution >= 4 is 62.1 Å². The number of ketones is 1. The van der Waals surface area contributed by atoms with E-state index in [1.165, 1.54) is 14.2 Å². The predicted octanol–water partition coefficient (Wildman–Crippen LogP) is 6.77. The first-order valence-electron chi connectivity index (χ1n) is 16.4. The van der Waals surface area contributed by atoms with Crippen LogP contribution in [-0.4, -0.2) is 64.6 Å². The van der Waals surface area contributed by atoms with Gasteiger partial charge in [0.05, 0.1) is 49.7 Å². The van der Waals surface area contributed by atoms with E-state index in [0.717, 1.165) is 102 Å². The number of nitrogens with zero attached hydrogens (tertiary/aromatic N) is 2. The lowest BCUT2D eigenvalue weighted by Crippen LogP contribution is -2.02. The number of ether oxygens (including phenoxy) is 3. The molecule has 0 amide bonds. The van der Waals surface area contributed by atoms with E-state index in [9.17, 15) is 14.4 Å². The van der Waals surface area contributed by atoms with Crippen molar-refractivity contribution in [1.29, 1.82) is 0 Å². The molecule has 8 bridgehead atoms. The lowest BCUT2D eigenvalue weighted by Gasteiger charge is -2.03. The third kappa shape index (κ3) is 6.62. The van der Waals surface area contributed by atoms with Crippen LogP contribution in [0.25, 0.3) is 44.4 Å². The van der Waals surface area contributed by atoms with Crippen molar-refractivity contribution in [2.24, 2.45) is 0 Å². The summed E-state index contributed by atoms with van der Waals surface area (Å²) in [5, 5.41) is 0. The number of rotatable bonds is 10. The minimum atomic E-state index is -0.293. The first-order chi connectivity index (χ1) is 23.0. The summed E-state index contributed by atoms with van der Waals surface area (Å²) in [6, 6.07) is 8.14.